The summed E-state index contributed by atoms with van der Waals surface area (Å²) in [5.41, 5.74) is 1.07. The van der Waals surface area contributed by atoms with Crippen LogP contribution in [0.4, 0.5) is 0 Å². The third-order valence-electron chi connectivity index (χ3n) is 2.17. The van der Waals surface area contributed by atoms with Crippen molar-refractivity contribution in [3.8, 4) is 0 Å². The monoisotopic (exact) mass is 354 g/mol. The number of hydroxylamine groups is 1. The number of hydrogen-bond acceptors (Lipinski definition) is 3. The van der Waals surface area contributed by atoms with Crippen LogP contribution in [0, 0.1) is 0 Å². The second-order valence-electron chi connectivity index (χ2n) is 3.84. The van der Waals surface area contributed by atoms with Crippen molar-refractivity contribution in [1.82, 2.24) is 5.48 Å². The van der Waals surface area contributed by atoms with Gasteiger partial charge in [-0.25, -0.2) is 0 Å². The predicted octanol–water partition coefficient (Wildman–Crippen LogP) is 4.07. The molecule has 8 heteroatoms. The average molecular weight is 356 g/mol. The Hall–Kier alpha value is -1.01. The maximum Gasteiger partial charge on any atom is 0.302 e. The van der Waals surface area contributed by atoms with Crippen LogP contribution in [0.25, 0.3) is 0 Å². The second-order valence-corrected chi connectivity index (χ2v) is 5.04. The van der Waals surface area contributed by atoms with Crippen molar-refractivity contribution in [3.05, 3.63) is 32.8 Å². The molecule has 0 aliphatic rings. The van der Waals surface area contributed by atoms with E-state index in [1.54, 1.807) is 0 Å². The van der Waals surface area contributed by atoms with Crippen molar-refractivity contribution in [2.45, 2.75) is 26.7 Å². The van der Waals surface area contributed by atoms with Crippen molar-refractivity contribution in [2.24, 2.45) is 0 Å². The van der Waals surface area contributed by atoms with Crippen molar-refractivity contribution in [3.63, 3.8) is 0 Å². The molecule has 0 spiro atoms. The van der Waals surface area contributed by atoms with Gasteiger partial charge in [0.1, 0.15) is 0 Å². The molecule has 1 amide bonds. The van der Waals surface area contributed by atoms with Crippen molar-refractivity contribution < 1.29 is 19.5 Å². The van der Waals surface area contributed by atoms with Gasteiger partial charge in [-0.05, 0) is 18.6 Å². The van der Waals surface area contributed by atoms with Crippen LogP contribution >= 0.6 is 34.8 Å². The van der Waals surface area contributed by atoms with Gasteiger partial charge in [0.25, 0.3) is 5.91 Å². The van der Waals surface area contributed by atoms with E-state index in [1.807, 2.05) is 0 Å². The molecular weight excluding hydrogens is 341 g/mol. The largest absolute Gasteiger partial charge is 0.466 e. The lowest BCUT2D eigenvalue weighted by molar-refractivity contribution is -0.141. The Bertz CT molecular complexity index is 495. The van der Waals surface area contributed by atoms with Gasteiger partial charge in [-0.2, -0.15) is 5.48 Å². The quantitative estimate of drug-likeness (QED) is 0.383. The van der Waals surface area contributed by atoms with Gasteiger partial charge in [0.2, 0.25) is 0 Å². The van der Waals surface area contributed by atoms with E-state index in [0.29, 0.717) is 6.61 Å². The topological polar surface area (TPSA) is 75.3 Å². The zero-order valence-corrected chi connectivity index (χ0v) is 13.8. The van der Waals surface area contributed by atoms with Crippen molar-refractivity contribution >= 4 is 46.7 Å². The smallest absolute Gasteiger partial charge is 0.302 e. The first-order valence-corrected chi connectivity index (χ1v) is 7.17. The van der Waals surface area contributed by atoms with Crippen LogP contribution in [0.3, 0.4) is 0 Å². The summed E-state index contributed by atoms with van der Waals surface area (Å²) in [4.78, 5) is 21.1. The lowest BCUT2D eigenvalue weighted by Gasteiger charge is -2.04. The van der Waals surface area contributed by atoms with Gasteiger partial charge in [0.15, 0.2) is 0 Å². The summed E-state index contributed by atoms with van der Waals surface area (Å²) in [6.07, 6.45) is 2.05. The molecule has 0 unspecified atom stereocenters. The molecule has 0 bridgehead atoms. The van der Waals surface area contributed by atoms with Crippen LogP contribution < -0.4 is 5.48 Å². The summed E-state index contributed by atoms with van der Waals surface area (Å²) in [7, 11) is 0. The van der Waals surface area contributed by atoms with Gasteiger partial charge in [0.05, 0.1) is 27.2 Å². The van der Waals surface area contributed by atoms with Crippen LogP contribution in [0.5, 0.6) is 0 Å². The first kappa shape index (κ1) is 20.0. The van der Waals surface area contributed by atoms with Crippen LogP contribution in [0.2, 0.25) is 15.1 Å². The molecule has 5 nitrogen and oxygen atoms in total. The molecule has 0 aromatic heterocycles. The van der Waals surface area contributed by atoms with Crippen LogP contribution in [0.1, 0.15) is 37.0 Å². The van der Waals surface area contributed by atoms with E-state index < -0.39 is 5.91 Å². The van der Waals surface area contributed by atoms with E-state index in [9.17, 15) is 14.8 Å². The SMILES string of the molecule is CCCCOC(C)=O.[O]NC(=O)c1c(Cl)ccc(Cl)c1Cl. The van der Waals surface area contributed by atoms with Gasteiger partial charge >= 0.3 is 5.97 Å². The average Bonchev–Trinajstić information content (AvgIpc) is 2.44. The minimum atomic E-state index is -0.905. The van der Waals surface area contributed by atoms with Crippen LogP contribution in [-0.4, -0.2) is 18.5 Å². The van der Waals surface area contributed by atoms with E-state index in [2.05, 4.69) is 11.7 Å². The molecule has 1 radical (unpaired) electrons. The number of halogens is 3. The molecule has 0 fully saturated rings. The Morgan fingerprint density at radius 3 is 2.24 bits per heavy atom. The van der Waals surface area contributed by atoms with E-state index >= 15 is 0 Å². The zero-order chi connectivity index (χ0) is 16.4. The van der Waals surface area contributed by atoms with Gasteiger partial charge in [-0.15, -0.1) is 0 Å². The molecule has 0 saturated heterocycles. The van der Waals surface area contributed by atoms with Gasteiger partial charge in [-0.1, -0.05) is 53.4 Å². The number of carbonyl (C=O) groups excluding carboxylic acids is 2. The first-order chi connectivity index (χ1) is 9.84. The molecule has 21 heavy (non-hydrogen) atoms. The lowest BCUT2D eigenvalue weighted by Crippen LogP contribution is -2.18. The first-order valence-electron chi connectivity index (χ1n) is 6.04. The number of unbranched alkanes of at least 4 members (excludes halogenated alkanes) is 1. The number of nitrogens with one attached hydrogen (secondary N) is 1. The summed E-state index contributed by atoms with van der Waals surface area (Å²) in [5.74, 6) is -1.09. The molecule has 0 heterocycles. The number of ether oxygens (including phenoxy) is 1. The fraction of sp³-hybridized carbons (Fsp3) is 0.385. The highest BCUT2D eigenvalue weighted by Gasteiger charge is 2.16. The molecule has 0 aliphatic carbocycles. The highest BCUT2D eigenvalue weighted by Crippen LogP contribution is 2.31. The molecule has 0 saturated carbocycles. The van der Waals surface area contributed by atoms with Crippen molar-refractivity contribution in [2.75, 3.05) is 6.61 Å². The molecule has 1 N–H and O–H groups in total. The molecule has 1 aromatic rings. The summed E-state index contributed by atoms with van der Waals surface area (Å²) >= 11 is 16.9. The third-order valence-corrected chi connectivity index (χ3v) is 3.29. The molecule has 117 valence electrons. The van der Waals surface area contributed by atoms with Gasteiger partial charge in [-0.3, -0.25) is 9.59 Å². The lowest BCUT2D eigenvalue weighted by atomic mass is 10.2. The summed E-state index contributed by atoms with van der Waals surface area (Å²) in [6.45, 7) is 4.06. The molecule has 0 aliphatic heterocycles. The number of rotatable bonds is 4. The Labute approximate surface area is 138 Å². The number of benzene rings is 1. The normalized spacial score (nSPS) is 9.43. The highest BCUT2D eigenvalue weighted by molar-refractivity contribution is 6.46. The Balaban J connectivity index is 0.000000433. The van der Waals surface area contributed by atoms with E-state index in [1.165, 1.54) is 24.5 Å². The maximum absolute atomic E-state index is 11.0. The van der Waals surface area contributed by atoms with Gasteiger partial charge in [0, 0.05) is 6.92 Å². The number of hydrogen-bond donors (Lipinski definition) is 1. The second kappa shape index (κ2) is 10.7. The summed E-state index contributed by atoms with van der Waals surface area (Å²) in [5, 5.41) is 10.3. The molecule has 1 aromatic carbocycles. The number of amides is 1. The number of carbonyl (C=O) groups is 2. The standard InChI is InChI=1S/C7H3Cl3NO2.C6H12O2/c8-3-1-2-4(9)6(10)5(3)7(12)11-13;1-3-4-5-8-6(2)7/h1-2H,(H,11,12);3-5H2,1-2H3. The molecular formula is C13H15Cl3NO4. The molecule has 1 rings (SSSR count). The minimum absolute atomic E-state index is 0.0254. The predicted molar refractivity (Wildman–Crippen MR) is 81.2 cm³/mol. The van der Waals surface area contributed by atoms with E-state index in [-0.39, 0.29) is 26.6 Å². The Morgan fingerprint density at radius 1 is 1.19 bits per heavy atom. The van der Waals surface area contributed by atoms with E-state index in [0.717, 1.165) is 12.8 Å². The summed E-state index contributed by atoms with van der Waals surface area (Å²) in [6, 6.07) is 2.83. The summed E-state index contributed by atoms with van der Waals surface area (Å²) < 4.78 is 4.64. The highest BCUT2D eigenvalue weighted by atomic mass is 35.5. The number of esters is 1. The fourth-order valence-electron chi connectivity index (χ4n) is 1.15. The third kappa shape index (κ3) is 7.52. The fourth-order valence-corrected chi connectivity index (χ4v) is 1.85. The minimum Gasteiger partial charge on any atom is -0.466 e. The van der Waals surface area contributed by atoms with Crippen LogP contribution in [0.15, 0.2) is 12.1 Å². The Kier molecular flexibility index (Phi) is 10.2. The van der Waals surface area contributed by atoms with Crippen molar-refractivity contribution in [1.29, 1.82) is 0 Å². The maximum atomic E-state index is 11.0. The zero-order valence-electron chi connectivity index (χ0n) is 11.5. The van der Waals surface area contributed by atoms with Crippen LogP contribution in [-0.2, 0) is 14.7 Å². The van der Waals surface area contributed by atoms with E-state index in [4.69, 9.17) is 34.8 Å². The Morgan fingerprint density at radius 2 is 1.76 bits per heavy atom. The van der Waals surface area contributed by atoms with Gasteiger partial charge < -0.3 is 4.74 Å². The molecule has 0 atom stereocenters.